The number of nitrogens with zero attached hydrogens (tertiary/aromatic N) is 1. The van der Waals surface area contributed by atoms with E-state index in [9.17, 15) is 4.79 Å². The summed E-state index contributed by atoms with van der Waals surface area (Å²) < 4.78 is 5.13. The van der Waals surface area contributed by atoms with Gasteiger partial charge >= 0.3 is 0 Å². The van der Waals surface area contributed by atoms with Crippen molar-refractivity contribution in [3.63, 3.8) is 0 Å². The number of nitrogen functional groups attached to an aromatic ring is 1. The van der Waals surface area contributed by atoms with Gasteiger partial charge < -0.3 is 21.5 Å². The van der Waals surface area contributed by atoms with Crippen LogP contribution in [0.5, 0.6) is 0 Å². The Morgan fingerprint density at radius 2 is 2.22 bits per heavy atom. The SMILES string of the molecule is COCC(Nc1ncc(N)cc1C(N)=O)C(C)C. The van der Waals surface area contributed by atoms with Gasteiger partial charge in [0, 0.05) is 7.11 Å². The second kappa shape index (κ2) is 6.20. The number of carbonyl (C=O) groups is 1. The Kier molecular flexibility index (Phi) is 4.91. The number of pyridine rings is 1. The molecule has 0 saturated carbocycles. The van der Waals surface area contributed by atoms with Gasteiger partial charge in [-0.1, -0.05) is 13.8 Å². The van der Waals surface area contributed by atoms with E-state index in [1.807, 2.05) is 0 Å². The predicted molar refractivity (Wildman–Crippen MR) is 71.3 cm³/mol. The van der Waals surface area contributed by atoms with Crippen molar-refractivity contribution in [2.24, 2.45) is 11.7 Å². The van der Waals surface area contributed by atoms with Crippen LogP contribution in [0.15, 0.2) is 12.3 Å². The number of nitrogens with two attached hydrogens (primary N) is 2. The first-order valence-corrected chi connectivity index (χ1v) is 5.76. The molecule has 6 nitrogen and oxygen atoms in total. The molecular formula is C12H20N4O2. The Morgan fingerprint density at radius 3 is 2.72 bits per heavy atom. The number of rotatable bonds is 6. The van der Waals surface area contributed by atoms with Crippen LogP contribution in [0.25, 0.3) is 0 Å². The third-order valence-corrected chi connectivity index (χ3v) is 2.65. The second-order valence-electron chi connectivity index (χ2n) is 4.48. The van der Waals surface area contributed by atoms with Crippen LogP contribution in [-0.2, 0) is 4.74 Å². The third-order valence-electron chi connectivity index (χ3n) is 2.65. The number of hydrogen-bond donors (Lipinski definition) is 3. The minimum absolute atomic E-state index is 0.0456. The molecule has 5 N–H and O–H groups in total. The minimum atomic E-state index is -0.558. The molecule has 1 atom stereocenters. The molecule has 0 fully saturated rings. The first kappa shape index (κ1) is 14.2. The zero-order valence-electron chi connectivity index (χ0n) is 10.9. The number of anilines is 2. The lowest BCUT2D eigenvalue weighted by atomic mass is 10.0. The van der Waals surface area contributed by atoms with Crippen LogP contribution < -0.4 is 16.8 Å². The van der Waals surface area contributed by atoms with E-state index in [0.717, 1.165) is 0 Å². The maximum absolute atomic E-state index is 11.3. The summed E-state index contributed by atoms with van der Waals surface area (Å²) >= 11 is 0. The van der Waals surface area contributed by atoms with E-state index < -0.39 is 5.91 Å². The van der Waals surface area contributed by atoms with Crippen molar-refractivity contribution in [2.75, 3.05) is 24.8 Å². The summed E-state index contributed by atoms with van der Waals surface area (Å²) in [5.41, 5.74) is 11.6. The Balaban J connectivity index is 2.98. The van der Waals surface area contributed by atoms with Crippen molar-refractivity contribution in [3.05, 3.63) is 17.8 Å². The van der Waals surface area contributed by atoms with Gasteiger partial charge in [0.05, 0.1) is 30.1 Å². The average Bonchev–Trinajstić information content (AvgIpc) is 2.30. The third kappa shape index (κ3) is 3.59. The number of nitrogens with one attached hydrogen (secondary N) is 1. The highest BCUT2D eigenvalue weighted by molar-refractivity contribution is 5.98. The summed E-state index contributed by atoms with van der Waals surface area (Å²) in [7, 11) is 1.63. The molecule has 0 aliphatic heterocycles. The smallest absolute Gasteiger partial charge is 0.252 e. The van der Waals surface area contributed by atoms with Gasteiger partial charge in [-0.3, -0.25) is 4.79 Å². The van der Waals surface area contributed by atoms with Gasteiger partial charge in [0.2, 0.25) is 0 Å². The quantitative estimate of drug-likeness (QED) is 0.696. The number of amides is 1. The van der Waals surface area contributed by atoms with E-state index in [0.29, 0.717) is 24.0 Å². The van der Waals surface area contributed by atoms with E-state index >= 15 is 0 Å². The zero-order valence-corrected chi connectivity index (χ0v) is 10.9. The Bertz CT molecular complexity index is 421. The number of aromatic nitrogens is 1. The number of hydrogen-bond acceptors (Lipinski definition) is 5. The fourth-order valence-electron chi connectivity index (χ4n) is 1.54. The van der Waals surface area contributed by atoms with E-state index in [4.69, 9.17) is 16.2 Å². The van der Waals surface area contributed by atoms with Crippen molar-refractivity contribution in [2.45, 2.75) is 19.9 Å². The van der Waals surface area contributed by atoms with E-state index in [2.05, 4.69) is 24.1 Å². The number of ether oxygens (including phenoxy) is 1. The molecule has 0 bridgehead atoms. The van der Waals surface area contributed by atoms with Crippen molar-refractivity contribution in [3.8, 4) is 0 Å². The van der Waals surface area contributed by atoms with Crippen LogP contribution in [-0.4, -0.2) is 30.6 Å². The highest BCUT2D eigenvalue weighted by atomic mass is 16.5. The monoisotopic (exact) mass is 252 g/mol. The van der Waals surface area contributed by atoms with Gasteiger partial charge in [-0.15, -0.1) is 0 Å². The Labute approximate surface area is 107 Å². The average molecular weight is 252 g/mol. The lowest BCUT2D eigenvalue weighted by Crippen LogP contribution is -2.32. The van der Waals surface area contributed by atoms with Crippen LogP contribution in [0.4, 0.5) is 11.5 Å². The van der Waals surface area contributed by atoms with Gasteiger partial charge in [0.15, 0.2) is 0 Å². The predicted octanol–water partition coefficient (Wildman–Crippen LogP) is 0.846. The van der Waals surface area contributed by atoms with Gasteiger partial charge in [0.25, 0.3) is 5.91 Å². The van der Waals surface area contributed by atoms with Crippen molar-refractivity contribution in [1.82, 2.24) is 4.98 Å². The second-order valence-corrected chi connectivity index (χ2v) is 4.48. The molecule has 1 amide bonds. The minimum Gasteiger partial charge on any atom is -0.397 e. The molecule has 1 rings (SSSR count). The Hall–Kier alpha value is -1.82. The van der Waals surface area contributed by atoms with Crippen LogP contribution in [0, 0.1) is 5.92 Å². The van der Waals surface area contributed by atoms with Gasteiger partial charge in [0.1, 0.15) is 5.82 Å². The fourth-order valence-corrected chi connectivity index (χ4v) is 1.54. The molecule has 1 aromatic heterocycles. The lowest BCUT2D eigenvalue weighted by molar-refractivity contribution is 0.100. The van der Waals surface area contributed by atoms with E-state index in [-0.39, 0.29) is 11.6 Å². The zero-order chi connectivity index (χ0) is 13.7. The number of carbonyl (C=O) groups excluding carboxylic acids is 1. The molecule has 0 saturated heterocycles. The first-order valence-electron chi connectivity index (χ1n) is 5.76. The fraction of sp³-hybridized carbons (Fsp3) is 0.500. The molecule has 0 spiro atoms. The molecule has 0 aliphatic carbocycles. The summed E-state index contributed by atoms with van der Waals surface area (Å²) in [4.78, 5) is 15.5. The van der Waals surface area contributed by atoms with Crippen LogP contribution >= 0.6 is 0 Å². The molecule has 18 heavy (non-hydrogen) atoms. The molecule has 100 valence electrons. The summed E-state index contributed by atoms with van der Waals surface area (Å²) in [5.74, 6) is 0.203. The molecule has 0 aromatic carbocycles. The van der Waals surface area contributed by atoms with Crippen LogP contribution in [0.3, 0.4) is 0 Å². The van der Waals surface area contributed by atoms with E-state index in [1.165, 1.54) is 12.3 Å². The molecule has 0 aliphatic rings. The van der Waals surface area contributed by atoms with Crippen molar-refractivity contribution in [1.29, 1.82) is 0 Å². The Morgan fingerprint density at radius 1 is 1.56 bits per heavy atom. The summed E-state index contributed by atoms with van der Waals surface area (Å²) in [6.07, 6.45) is 1.49. The first-order chi connectivity index (χ1) is 8.45. The standard InChI is InChI=1S/C12H20N4O2/c1-7(2)10(6-18-3)16-12-9(11(14)17)4-8(13)5-15-12/h4-5,7,10H,6,13H2,1-3H3,(H2,14,17)(H,15,16). The van der Waals surface area contributed by atoms with Crippen molar-refractivity contribution >= 4 is 17.4 Å². The van der Waals surface area contributed by atoms with Crippen LogP contribution in [0.2, 0.25) is 0 Å². The summed E-state index contributed by atoms with van der Waals surface area (Å²) in [6, 6.07) is 1.56. The maximum Gasteiger partial charge on any atom is 0.252 e. The number of primary amides is 1. The normalized spacial score (nSPS) is 12.4. The summed E-state index contributed by atoms with van der Waals surface area (Å²) in [5, 5.41) is 3.16. The highest BCUT2D eigenvalue weighted by Crippen LogP contribution is 2.18. The summed E-state index contributed by atoms with van der Waals surface area (Å²) in [6.45, 7) is 4.62. The largest absolute Gasteiger partial charge is 0.397 e. The molecule has 6 heteroatoms. The number of methoxy groups -OCH3 is 1. The van der Waals surface area contributed by atoms with Gasteiger partial charge in [-0.05, 0) is 12.0 Å². The van der Waals surface area contributed by atoms with Gasteiger partial charge in [-0.25, -0.2) is 4.98 Å². The van der Waals surface area contributed by atoms with Crippen LogP contribution in [0.1, 0.15) is 24.2 Å². The molecular weight excluding hydrogens is 232 g/mol. The topological polar surface area (TPSA) is 103 Å². The van der Waals surface area contributed by atoms with Crippen molar-refractivity contribution < 1.29 is 9.53 Å². The highest BCUT2D eigenvalue weighted by Gasteiger charge is 2.17. The molecule has 1 unspecified atom stereocenters. The van der Waals surface area contributed by atoms with E-state index in [1.54, 1.807) is 7.11 Å². The molecule has 1 heterocycles. The molecule has 1 aromatic rings. The molecule has 0 radical (unpaired) electrons. The maximum atomic E-state index is 11.3. The lowest BCUT2D eigenvalue weighted by Gasteiger charge is -2.23. The van der Waals surface area contributed by atoms with Gasteiger partial charge in [-0.2, -0.15) is 0 Å².